The van der Waals surface area contributed by atoms with E-state index in [9.17, 15) is 0 Å². The largest absolute Gasteiger partial charge is 0.484 e. The lowest BCUT2D eigenvalue weighted by Crippen LogP contribution is -2.18. The normalized spacial score (nSPS) is 13.2. The van der Waals surface area contributed by atoms with Crippen molar-refractivity contribution in [2.45, 2.75) is 45.6 Å². The highest BCUT2D eigenvalue weighted by Gasteiger charge is 2.19. The molecule has 1 atom stereocenters. The molecular formula is C18H25NOS. The molecule has 2 nitrogen and oxygen atoms in total. The number of rotatable bonds is 6. The molecule has 114 valence electrons. The van der Waals surface area contributed by atoms with E-state index in [0.717, 1.165) is 12.2 Å². The monoisotopic (exact) mass is 303 g/mol. The van der Waals surface area contributed by atoms with Crippen LogP contribution in [0.4, 0.5) is 0 Å². The molecule has 0 saturated carbocycles. The minimum atomic E-state index is -0.0602. The second kappa shape index (κ2) is 6.63. The van der Waals surface area contributed by atoms with E-state index < -0.39 is 0 Å². The maximum Gasteiger partial charge on any atom is 0.145 e. The van der Waals surface area contributed by atoms with Gasteiger partial charge in [-0.3, -0.25) is 0 Å². The molecule has 0 aliphatic carbocycles. The van der Waals surface area contributed by atoms with Gasteiger partial charge in [-0.25, -0.2) is 0 Å². The third-order valence-corrected chi connectivity index (χ3v) is 5.32. The first-order chi connectivity index (χ1) is 9.97. The molecule has 0 amide bonds. The molecule has 0 aliphatic rings. The number of aryl methyl sites for hydroxylation is 1. The van der Waals surface area contributed by atoms with Gasteiger partial charge < -0.3 is 10.5 Å². The van der Waals surface area contributed by atoms with Gasteiger partial charge in [-0.1, -0.05) is 32.9 Å². The third-order valence-electron chi connectivity index (χ3n) is 4.21. The Bertz CT molecular complexity index is 571. The summed E-state index contributed by atoms with van der Waals surface area (Å²) in [5, 5.41) is 2.09. The van der Waals surface area contributed by atoms with E-state index in [1.807, 2.05) is 0 Å². The smallest absolute Gasteiger partial charge is 0.145 e. The van der Waals surface area contributed by atoms with Gasteiger partial charge in [0, 0.05) is 11.4 Å². The maximum absolute atomic E-state index is 6.08. The molecule has 0 fully saturated rings. The van der Waals surface area contributed by atoms with Crippen molar-refractivity contribution in [3.05, 3.63) is 51.7 Å². The molecule has 21 heavy (non-hydrogen) atoms. The fourth-order valence-electron chi connectivity index (χ4n) is 2.28. The zero-order chi connectivity index (χ0) is 15.5. The Hall–Kier alpha value is -1.32. The van der Waals surface area contributed by atoms with Crippen molar-refractivity contribution < 1.29 is 4.74 Å². The molecule has 3 heteroatoms. The van der Waals surface area contributed by atoms with E-state index in [-0.39, 0.29) is 11.5 Å². The summed E-state index contributed by atoms with van der Waals surface area (Å²) < 4.78 is 6.08. The predicted molar refractivity (Wildman–Crippen MR) is 91.2 cm³/mol. The molecule has 0 spiro atoms. The van der Waals surface area contributed by atoms with Crippen LogP contribution in [0.25, 0.3) is 0 Å². The highest BCUT2D eigenvalue weighted by molar-refractivity contribution is 7.10. The average molecular weight is 303 g/mol. The van der Waals surface area contributed by atoms with E-state index >= 15 is 0 Å². The quantitative estimate of drug-likeness (QED) is 0.830. The topological polar surface area (TPSA) is 35.2 Å². The predicted octanol–water partition coefficient (Wildman–Crippen LogP) is 4.82. The summed E-state index contributed by atoms with van der Waals surface area (Å²) in [6.45, 7) is 9.34. The second-order valence-corrected chi connectivity index (χ2v) is 7.02. The third kappa shape index (κ3) is 3.66. The highest BCUT2D eigenvalue weighted by atomic mass is 32.1. The first-order valence-corrected chi connectivity index (χ1v) is 8.37. The fraction of sp³-hybridized carbons (Fsp3) is 0.444. The molecule has 2 N–H and O–H groups in total. The van der Waals surface area contributed by atoms with E-state index in [1.165, 1.54) is 16.0 Å². The van der Waals surface area contributed by atoms with Crippen LogP contribution in [0, 0.1) is 6.92 Å². The zero-order valence-electron chi connectivity index (χ0n) is 13.3. The molecule has 0 aliphatic heterocycles. The Balaban J connectivity index is 2.14. The van der Waals surface area contributed by atoms with E-state index in [1.54, 1.807) is 11.3 Å². The van der Waals surface area contributed by atoms with Crippen LogP contribution in [-0.2, 0) is 5.41 Å². The fourth-order valence-corrected chi connectivity index (χ4v) is 3.24. The number of benzene rings is 1. The van der Waals surface area contributed by atoms with Crippen LogP contribution in [0.2, 0.25) is 0 Å². The van der Waals surface area contributed by atoms with Crippen LogP contribution in [-0.4, -0.2) is 6.54 Å². The van der Waals surface area contributed by atoms with Crippen molar-refractivity contribution in [2.24, 2.45) is 5.73 Å². The summed E-state index contributed by atoms with van der Waals surface area (Å²) in [6.07, 6.45) is 1.06. The SMILES string of the molecule is CCC(C)(C)c1ccc(OC(CN)c2sccc2C)cc1. The van der Waals surface area contributed by atoms with E-state index in [0.29, 0.717) is 6.54 Å². The van der Waals surface area contributed by atoms with E-state index in [2.05, 4.69) is 63.4 Å². The average Bonchev–Trinajstić information content (AvgIpc) is 2.91. The van der Waals surface area contributed by atoms with Crippen LogP contribution in [0.15, 0.2) is 35.7 Å². The lowest BCUT2D eigenvalue weighted by atomic mass is 9.82. The van der Waals surface area contributed by atoms with Crippen LogP contribution in [0.3, 0.4) is 0 Å². The van der Waals surface area contributed by atoms with Gasteiger partial charge in [0.25, 0.3) is 0 Å². The molecule has 0 saturated heterocycles. The van der Waals surface area contributed by atoms with Gasteiger partial charge in [0.2, 0.25) is 0 Å². The van der Waals surface area contributed by atoms with Gasteiger partial charge in [0.15, 0.2) is 0 Å². The Morgan fingerprint density at radius 1 is 1.19 bits per heavy atom. The molecule has 1 unspecified atom stereocenters. The van der Waals surface area contributed by atoms with Gasteiger partial charge in [-0.2, -0.15) is 0 Å². The van der Waals surface area contributed by atoms with Crippen molar-refractivity contribution >= 4 is 11.3 Å². The molecule has 1 aromatic carbocycles. The summed E-state index contributed by atoms with van der Waals surface area (Å²) in [5.41, 5.74) is 8.68. The Kier molecular flexibility index (Phi) is 5.07. The molecule has 2 rings (SSSR count). The number of nitrogens with two attached hydrogens (primary N) is 1. The zero-order valence-corrected chi connectivity index (χ0v) is 14.2. The molecule has 0 radical (unpaired) electrons. The molecule has 1 heterocycles. The molecule has 0 bridgehead atoms. The minimum Gasteiger partial charge on any atom is -0.484 e. The highest BCUT2D eigenvalue weighted by Crippen LogP contribution is 2.31. The van der Waals surface area contributed by atoms with Gasteiger partial charge in [0.05, 0.1) is 0 Å². The van der Waals surface area contributed by atoms with Crippen molar-refractivity contribution in [3.63, 3.8) is 0 Å². The van der Waals surface area contributed by atoms with Crippen LogP contribution in [0.5, 0.6) is 5.75 Å². The minimum absolute atomic E-state index is 0.0602. The summed E-state index contributed by atoms with van der Waals surface area (Å²) in [5.74, 6) is 0.883. The first kappa shape index (κ1) is 16.1. The van der Waals surface area contributed by atoms with Gasteiger partial charge in [-0.15, -0.1) is 11.3 Å². The number of ether oxygens (including phenoxy) is 1. The van der Waals surface area contributed by atoms with Crippen molar-refractivity contribution in [2.75, 3.05) is 6.54 Å². The van der Waals surface area contributed by atoms with Gasteiger partial charge in [-0.05, 0) is 53.5 Å². The van der Waals surface area contributed by atoms with Crippen LogP contribution in [0.1, 0.15) is 49.3 Å². The Morgan fingerprint density at radius 3 is 2.33 bits per heavy atom. The lowest BCUT2D eigenvalue weighted by molar-refractivity contribution is 0.217. The summed E-state index contributed by atoms with van der Waals surface area (Å²) in [4.78, 5) is 1.22. The Morgan fingerprint density at radius 2 is 1.86 bits per heavy atom. The van der Waals surface area contributed by atoms with Crippen LogP contribution >= 0.6 is 11.3 Å². The number of hydrogen-bond donors (Lipinski definition) is 1. The molecule has 1 aromatic heterocycles. The standard InChI is InChI=1S/C18H25NOS/c1-5-18(3,4)14-6-8-15(9-7-14)20-16(12-19)17-13(2)10-11-21-17/h6-11,16H,5,12,19H2,1-4H3. The van der Waals surface area contributed by atoms with Crippen molar-refractivity contribution in [1.82, 2.24) is 0 Å². The number of thiophene rings is 1. The van der Waals surface area contributed by atoms with Crippen LogP contribution < -0.4 is 10.5 Å². The second-order valence-electron chi connectivity index (χ2n) is 6.07. The van der Waals surface area contributed by atoms with Crippen molar-refractivity contribution in [1.29, 1.82) is 0 Å². The Labute approximate surface area is 132 Å². The van der Waals surface area contributed by atoms with E-state index in [4.69, 9.17) is 10.5 Å². The van der Waals surface area contributed by atoms with Gasteiger partial charge >= 0.3 is 0 Å². The molecular weight excluding hydrogens is 278 g/mol. The van der Waals surface area contributed by atoms with Gasteiger partial charge in [0.1, 0.15) is 11.9 Å². The summed E-state index contributed by atoms with van der Waals surface area (Å²) in [6, 6.07) is 10.5. The molecule has 2 aromatic rings. The lowest BCUT2D eigenvalue weighted by Gasteiger charge is -2.24. The first-order valence-electron chi connectivity index (χ1n) is 7.49. The maximum atomic E-state index is 6.08. The van der Waals surface area contributed by atoms with Crippen molar-refractivity contribution in [3.8, 4) is 5.75 Å². The summed E-state index contributed by atoms with van der Waals surface area (Å²) in [7, 11) is 0. The number of hydrogen-bond acceptors (Lipinski definition) is 3. The summed E-state index contributed by atoms with van der Waals surface area (Å²) >= 11 is 1.71.